The van der Waals surface area contributed by atoms with E-state index in [-0.39, 0.29) is 10.9 Å². The van der Waals surface area contributed by atoms with E-state index in [2.05, 4.69) is 15.0 Å². The minimum Gasteiger partial charge on any atom is -0.373 e. The Balaban J connectivity index is 1.80. The summed E-state index contributed by atoms with van der Waals surface area (Å²) in [5, 5.41) is 5.10. The number of nitrogens with zero attached hydrogens (tertiary/aromatic N) is 5. The first kappa shape index (κ1) is 17.9. The van der Waals surface area contributed by atoms with Crippen LogP contribution in [0.2, 0.25) is 0 Å². The molecule has 0 saturated heterocycles. The third-order valence-corrected chi connectivity index (χ3v) is 7.13. The number of sulfonamides is 1. The van der Waals surface area contributed by atoms with Gasteiger partial charge in [-0.15, -0.1) is 0 Å². The lowest BCUT2D eigenvalue weighted by molar-refractivity contribution is 0.340. The van der Waals surface area contributed by atoms with Crippen LogP contribution in [0.15, 0.2) is 41.4 Å². The van der Waals surface area contributed by atoms with Crippen molar-refractivity contribution in [1.29, 1.82) is 0 Å². The van der Waals surface area contributed by atoms with Crippen LogP contribution in [0.25, 0.3) is 11.0 Å². The second-order valence-electron chi connectivity index (χ2n) is 7.16. The Bertz CT molecular complexity index is 1120. The molecule has 7 nitrogen and oxygen atoms in total. The van der Waals surface area contributed by atoms with Gasteiger partial charge in [-0.05, 0) is 31.5 Å². The van der Waals surface area contributed by atoms with E-state index in [1.54, 1.807) is 22.1 Å². The maximum Gasteiger partial charge on any atom is 0.245 e. The molecule has 0 radical (unpaired) electrons. The fraction of sp³-hybridized carbons (Fsp3) is 0.368. The van der Waals surface area contributed by atoms with E-state index >= 15 is 0 Å². The van der Waals surface area contributed by atoms with Crippen LogP contribution in [0.5, 0.6) is 0 Å². The van der Waals surface area contributed by atoms with E-state index in [0.29, 0.717) is 18.7 Å². The van der Waals surface area contributed by atoms with Crippen LogP contribution >= 0.6 is 0 Å². The first-order valence-electron chi connectivity index (χ1n) is 8.89. The smallest absolute Gasteiger partial charge is 0.245 e. The Morgan fingerprint density at radius 1 is 1.19 bits per heavy atom. The van der Waals surface area contributed by atoms with Gasteiger partial charge < -0.3 is 4.90 Å². The summed E-state index contributed by atoms with van der Waals surface area (Å²) < 4.78 is 30.2. The predicted molar refractivity (Wildman–Crippen MR) is 105 cm³/mol. The molecular weight excluding hydrogens is 362 g/mol. The van der Waals surface area contributed by atoms with Crippen molar-refractivity contribution in [2.24, 2.45) is 7.05 Å². The Hall–Kier alpha value is -2.45. The third-order valence-electron chi connectivity index (χ3n) is 5.20. The van der Waals surface area contributed by atoms with Crippen LogP contribution < -0.4 is 4.90 Å². The molecule has 0 saturated carbocycles. The lowest BCUT2D eigenvalue weighted by atomic mass is 10.1. The van der Waals surface area contributed by atoms with Crippen molar-refractivity contribution in [1.82, 2.24) is 19.1 Å². The zero-order valence-electron chi connectivity index (χ0n) is 15.9. The molecule has 3 aromatic rings. The van der Waals surface area contributed by atoms with Crippen LogP contribution in [0.4, 0.5) is 5.69 Å². The molecule has 0 amide bonds. The van der Waals surface area contributed by atoms with Gasteiger partial charge in [-0.1, -0.05) is 18.2 Å². The number of anilines is 1. The van der Waals surface area contributed by atoms with Crippen LogP contribution in [-0.4, -0.2) is 47.1 Å². The quantitative estimate of drug-likeness (QED) is 0.677. The highest BCUT2D eigenvalue weighted by Gasteiger charge is 2.33. The Morgan fingerprint density at radius 2 is 1.93 bits per heavy atom. The average Bonchev–Trinajstić information content (AvgIpc) is 2.85. The van der Waals surface area contributed by atoms with E-state index in [4.69, 9.17) is 0 Å². The lowest BCUT2D eigenvalue weighted by Crippen LogP contribution is -2.41. The van der Waals surface area contributed by atoms with Crippen molar-refractivity contribution in [2.75, 3.05) is 18.5 Å². The van der Waals surface area contributed by atoms with Gasteiger partial charge in [0.05, 0.1) is 5.69 Å². The molecule has 2 aromatic heterocycles. The molecule has 3 heterocycles. The van der Waals surface area contributed by atoms with Gasteiger partial charge >= 0.3 is 0 Å². The molecular formula is C19H23N5O2S. The molecule has 1 aliphatic rings. The Morgan fingerprint density at radius 3 is 2.70 bits per heavy atom. The van der Waals surface area contributed by atoms with Crippen LogP contribution in [0, 0.1) is 6.92 Å². The number of fused-ring (bicyclic) bond motifs is 2. The molecule has 4 rings (SSSR count). The van der Waals surface area contributed by atoms with Gasteiger partial charge in [0.2, 0.25) is 10.0 Å². The van der Waals surface area contributed by atoms with Gasteiger partial charge in [0.25, 0.3) is 0 Å². The fourth-order valence-electron chi connectivity index (χ4n) is 3.81. The largest absolute Gasteiger partial charge is 0.373 e. The van der Waals surface area contributed by atoms with Crippen molar-refractivity contribution in [3.8, 4) is 0 Å². The zero-order chi connectivity index (χ0) is 19.3. The molecule has 0 fully saturated rings. The first-order valence-corrected chi connectivity index (χ1v) is 10.3. The first-order chi connectivity index (χ1) is 12.8. The van der Waals surface area contributed by atoms with Gasteiger partial charge in [0, 0.05) is 50.5 Å². The predicted octanol–water partition coefficient (Wildman–Crippen LogP) is 2.31. The zero-order valence-corrected chi connectivity index (χ0v) is 16.7. The Labute approximate surface area is 159 Å². The summed E-state index contributed by atoms with van der Waals surface area (Å²) in [6.07, 6.45) is 1.44. The van der Waals surface area contributed by atoms with E-state index in [1.807, 2.05) is 45.2 Å². The third kappa shape index (κ3) is 2.89. The SMILES string of the molecule is Cc1nn(C)c2ncc(S(=O)(=O)N3Cc4ccccc4N(C)C[C@H]3C)cc12. The standard InChI is InChI=1S/C19H23N5O2S/c1-13-11-22(3)18-8-6-5-7-15(18)12-24(13)27(25,26)16-9-17-14(2)21-23(4)19(17)20-10-16/h5-10,13H,11-12H2,1-4H3/t13-/m1/s1. The maximum atomic E-state index is 13.5. The summed E-state index contributed by atoms with van der Waals surface area (Å²) in [7, 11) is 0.111. The molecule has 1 atom stereocenters. The number of rotatable bonds is 2. The molecule has 8 heteroatoms. The van der Waals surface area contributed by atoms with E-state index < -0.39 is 10.0 Å². The fourth-order valence-corrected chi connectivity index (χ4v) is 5.39. The number of aromatic nitrogens is 3. The van der Waals surface area contributed by atoms with Crippen LogP contribution in [-0.2, 0) is 23.6 Å². The number of hydrogen-bond acceptors (Lipinski definition) is 5. The molecule has 1 aromatic carbocycles. The normalized spacial score (nSPS) is 18.5. The van der Waals surface area contributed by atoms with Gasteiger partial charge in [-0.25, -0.2) is 13.4 Å². The second kappa shape index (κ2) is 6.31. The number of aryl methyl sites for hydroxylation is 2. The summed E-state index contributed by atoms with van der Waals surface area (Å²) in [4.78, 5) is 6.68. The molecule has 0 bridgehead atoms. The van der Waals surface area contributed by atoms with Gasteiger partial charge in [-0.2, -0.15) is 9.40 Å². The number of hydrogen-bond donors (Lipinski definition) is 0. The molecule has 1 aliphatic heterocycles. The molecule has 142 valence electrons. The topological polar surface area (TPSA) is 71.3 Å². The van der Waals surface area contributed by atoms with E-state index in [1.165, 1.54) is 6.20 Å². The maximum absolute atomic E-state index is 13.5. The highest BCUT2D eigenvalue weighted by Crippen LogP contribution is 2.30. The summed E-state index contributed by atoms with van der Waals surface area (Å²) in [6, 6.07) is 9.46. The monoisotopic (exact) mass is 385 g/mol. The molecule has 0 spiro atoms. The number of para-hydroxylation sites is 1. The second-order valence-corrected chi connectivity index (χ2v) is 9.05. The van der Waals surface area contributed by atoms with Gasteiger partial charge in [-0.3, -0.25) is 4.68 Å². The van der Waals surface area contributed by atoms with E-state index in [9.17, 15) is 8.42 Å². The molecule has 27 heavy (non-hydrogen) atoms. The highest BCUT2D eigenvalue weighted by atomic mass is 32.2. The molecule has 0 aliphatic carbocycles. The lowest BCUT2D eigenvalue weighted by Gasteiger charge is -2.27. The van der Waals surface area contributed by atoms with Crippen LogP contribution in [0.1, 0.15) is 18.2 Å². The van der Waals surface area contributed by atoms with Crippen molar-refractivity contribution in [3.63, 3.8) is 0 Å². The van der Waals surface area contributed by atoms with Gasteiger partial charge in [0.1, 0.15) is 4.90 Å². The average molecular weight is 385 g/mol. The van der Waals surface area contributed by atoms with Gasteiger partial charge in [0.15, 0.2) is 5.65 Å². The summed E-state index contributed by atoms with van der Waals surface area (Å²) in [5.41, 5.74) is 3.52. The highest BCUT2D eigenvalue weighted by molar-refractivity contribution is 7.89. The number of pyridine rings is 1. The minimum atomic E-state index is -3.69. The summed E-state index contributed by atoms with van der Waals surface area (Å²) in [6.45, 7) is 4.77. The Kier molecular flexibility index (Phi) is 4.20. The van der Waals surface area contributed by atoms with Crippen molar-refractivity contribution >= 4 is 26.7 Å². The molecule has 0 unspecified atom stereocenters. The van der Waals surface area contributed by atoms with E-state index in [0.717, 1.165) is 22.3 Å². The number of likely N-dealkylation sites (N-methyl/N-ethyl adjacent to an activating group) is 1. The minimum absolute atomic E-state index is 0.168. The van der Waals surface area contributed by atoms with Crippen LogP contribution in [0.3, 0.4) is 0 Å². The summed E-state index contributed by atoms with van der Waals surface area (Å²) >= 11 is 0. The van der Waals surface area contributed by atoms with Crippen molar-refractivity contribution in [3.05, 3.63) is 47.8 Å². The van der Waals surface area contributed by atoms with Crippen molar-refractivity contribution in [2.45, 2.75) is 31.3 Å². The summed E-state index contributed by atoms with van der Waals surface area (Å²) in [5.74, 6) is 0. The number of benzene rings is 1. The molecule has 0 N–H and O–H groups in total. The van der Waals surface area contributed by atoms with Crippen molar-refractivity contribution < 1.29 is 8.42 Å².